The summed E-state index contributed by atoms with van der Waals surface area (Å²) >= 11 is 0. The van der Waals surface area contributed by atoms with E-state index in [-0.39, 0.29) is 18.4 Å². The van der Waals surface area contributed by atoms with Gasteiger partial charge in [0.1, 0.15) is 11.6 Å². The number of halogens is 2. The summed E-state index contributed by atoms with van der Waals surface area (Å²) in [4.78, 5) is 32.2. The second-order valence-corrected chi connectivity index (χ2v) is 8.95. The van der Waals surface area contributed by atoms with E-state index in [0.717, 1.165) is 56.0 Å². The molecule has 4 rings (SSSR count). The molecule has 2 amide bonds. The zero-order chi connectivity index (χ0) is 25.3. The summed E-state index contributed by atoms with van der Waals surface area (Å²) in [6, 6.07) is 11.9. The Bertz CT molecular complexity index is 1180. The fourth-order valence-electron chi connectivity index (χ4n) is 4.38. The van der Waals surface area contributed by atoms with Crippen molar-refractivity contribution in [2.75, 3.05) is 18.0 Å². The monoisotopic (exact) mass is 492 g/mol. The average molecular weight is 493 g/mol. The van der Waals surface area contributed by atoms with Crippen molar-refractivity contribution < 1.29 is 18.4 Å². The van der Waals surface area contributed by atoms with Crippen LogP contribution in [0.4, 0.5) is 14.5 Å². The van der Waals surface area contributed by atoms with Gasteiger partial charge in [-0.1, -0.05) is 19.3 Å². The quantitative estimate of drug-likeness (QED) is 0.538. The highest BCUT2D eigenvalue weighted by atomic mass is 19.1. The molecule has 0 saturated carbocycles. The molecule has 0 bridgehead atoms. The van der Waals surface area contributed by atoms with Crippen molar-refractivity contribution in [2.24, 2.45) is 0 Å². The van der Waals surface area contributed by atoms with E-state index in [9.17, 15) is 18.4 Å². The van der Waals surface area contributed by atoms with E-state index in [0.29, 0.717) is 29.8 Å². The number of carbonyl (C=O) groups is 2. The molecule has 0 aliphatic carbocycles. The molecule has 36 heavy (non-hydrogen) atoms. The largest absolute Gasteiger partial charge is 0.348 e. The van der Waals surface area contributed by atoms with Gasteiger partial charge in [0.05, 0.1) is 5.56 Å². The number of fused-ring (bicyclic) bond motifs is 1. The number of aromatic nitrogens is 1. The zero-order valence-corrected chi connectivity index (χ0v) is 20.1. The fourth-order valence-corrected chi connectivity index (χ4v) is 4.38. The second-order valence-electron chi connectivity index (χ2n) is 8.95. The molecule has 1 aliphatic heterocycles. The van der Waals surface area contributed by atoms with Crippen LogP contribution in [0.5, 0.6) is 0 Å². The molecule has 2 heterocycles. The Morgan fingerprint density at radius 3 is 2.50 bits per heavy atom. The molecule has 0 spiro atoms. The molecule has 8 heteroatoms. The molecule has 6 nitrogen and oxygen atoms in total. The number of hydrogen-bond donors (Lipinski definition) is 2. The minimum absolute atomic E-state index is 0.00549. The van der Waals surface area contributed by atoms with Crippen molar-refractivity contribution in [3.05, 3.63) is 94.8 Å². The Hall–Kier alpha value is -3.65. The first-order valence-corrected chi connectivity index (χ1v) is 12.3. The maximum absolute atomic E-state index is 13.5. The van der Waals surface area contributed by atoms with Gasteiger partial charge in [-0.05, 0) is 73.0 Å². The van der Waals surface area contributed by atoms with Gasteiger partial charge in [-0.15, -0.1) is 0 Å². The van der Waals surface area contributed by atoms with E-state index in [1.165, 1.54) is 12.1 Å². The van der Waals surface area contributed by atoms with Crippen LogP contribution in [-0.4, -0.2) is 29.9 Å². The summed E-state index contributed by atoms with van der Waals surface area (Å²) < 4.78 is 27.0. The highest BCUT2D eigenvalue weighted by Crippen LogP contribution is 2.26. The molecule has 0 unspecified atom stereocenters. The van der Waals surface area contributed by atoms with Crippen LogP contribution in [0.15, 0.2) is 60.9 Å². The molecular formula is C28H30F2N4O2. The standard InChI is InChI=1S/C28H30F2N4O2/c29-24-13-20(14-25(30)16-24)17-33-27(35)21-8-9-26-23(15-21)19-31-10-4-2-1-3-5-12-34(26)28(36)22-7-6-11-32-18-22/h6-9,11,13-16,18,31H,1-5,10,12,17,19H2,(H,33,35). The number of nitrogens with one attached hydrogen (secondary N) is 2. The first-order chi connectivity index (χ1) is 17.5. The highest BCUT2D eigenvalue weighted by Gasteiger charge is 2.22. The van der Waals surface area contributed by atoms with Gasteiger partial charge in [0.2, 0.25) is 0 Å². The number of pyridine rings is 1. The third-order valence-electron chi connectivity index (χ3n) is 6.21. The molecule has 0 fully saturated rings. The lowest BCUT2D eigenvalue weighted by Crippen LogP contribution is -2.34. The number of anilines is 1. The van der Waals surface area contributed by atoms with E-state index < -0.39 is 11.6 Å². The van der Waals surface area contributed by atoms with Gasteiger partial charge in [-0.25, -0.2) is 8.78 Å². The van der Waals surface area contributed by atoms with Gasteiger partial charge in [0, 0.05) is 49.3 Å². The van der Waals surface area contributed by atoms with Gasteiger partial charge in [0.25, 0.3) is 11.8 Å². The van der Waals surface area contributed by atoms with Gasteiger partial charge < -0.3 is 15.5 Å². The van der Waals surface area contributed by atoms with Gasteiger partial charge in [-0.3, -0.25) is 14.6 Å². The molecule has 1 aliphatic rings. The van der Waals surface area contributed by atoms with Crippen LogP contribution in [0.2, 0.25) is 0 Å². The van der Waals surface area contributed by atoms with Crippen molar-refractivity contribution in [3.8, 4) is 0 Å². The lowest BCUT2D eigenvalue weighted by atomic mass is 10.0. The molecule has 0 atom stereocenters. The Morgan fingerprint density at radius 2 is 1.72 bits per heavy atom. The van der Waals surface area contributed by atoms with Crippen LogP contribution in [0.3, 0.4) is 0 Å². The van der Waals surface area contributed by atoms with Crippen LogP contribution in [-0.2, 0) is 13.1 Å². The van der Waals surface area contributed by atoms with E-state index in [1.54, 1.807) is 47.6 Å². The zero-order valence-electron chi connectivity index (χ0n) is 20.1. The third-order valence-corrected chi connectivity index (χ3v) is 6.21. The van der Waals surface area contributed by atoms with E-state index in [4.69, 9.17) is 0 Å². The number of rotatable bonds is 4. The summed E-state index contributed by atoms with van der Waals surface area (Å²) in [6.45, 7) is 1.91. The molecule has 0 radical (unpaired) electrons. The van der Waals surface area contributed by atoms with Gasteiger partial charge >= 0.3 is 0 Å². The van der Waals surface area contributed by atoms with Crippen molar-refractivity contribution in [1.29, 1.82) is 0 Å². The van der Waals surface area contributed by atoms with Crippen molar-refractivity contribution in [3.63, 3.8) is 0 Å². The summed E-state index contributed by atoms with van der Waals surface area (Å²) in [7, 11) is 0. The maximum atomic E-state index is 13.5. The average Bonchev–Trinajstić information content (AvgIpc) is 2.87. The van der Waals surface area contributed by atoms with Crippen molar-refractivity contribution in [2.45, 2.75) is 45.2 Å². The van der Waals surface area contributed by atoms with Crippen LogP contribution in [0, 0.1) is 11.6 Å². The van der Waals surface area contributed by atoms with Crippen LogP contribution in [0.1, 0.15) is 63.9 Å². The van der Waals surface area contributed by atoms with Crippen molar-refractivity contribution in [1.82, 2.24) is 15.6 Å². The number of carbonyl (C=O) groups excluding carboxylic acids is 2. The van der Waals surface area contributed by atoms with E-state index >= 15 is 0 Å². The normalized spacial score (nSPS) is 14.8. The van der Waals surface area contributed by atoms with Crippen LogP contribution < -0.4 is 15.5 Å². The van der Waals surface area contributed by atoms with Crippen LogP contribution in [0.25, 0.3) is 0 Å². The molecule has 1 aromatic heterocycles. The Morgan fingerprint density at radius 1 is 0.944 bits per heavy atom. The summed E-state index contributed by atoms with van der Waals surface area (Å²) in [6.07, 6.45) is 8.43. The molecule has 0 saturated heterocycles. The van der Waals surface area contributed by atoms with Crippen LogP contribution >= 0.6 is 0 Å². The minimum Gasteiger partial charge on any atom is -0.348 e. The van der Waals surface area contributed by atoms with Gasteiger partial charge in [-0.2, -0.15) is 0 Å². The summed E-state index contributed by atoms with van der Waals surface area (Å²) in [5, 5.41) is 6.15. The van der Waals surface area contributed by atoms with E-state index in [1.807, 2.05) is 0 Å². The number of hydrogen-bond acceptors (Lipinski definition) is 4. The molecule has 2 N–H and O–H groups in total. The summed E-state index contributed by atoms with van der Waals surface area (Å²) in [5.74, 6) is -1.88. The maximum Gasteiger partial charge on any atom is 0.259 e. The third kappa shape index (κ3) is 6.73. The smallest absolute Gasteiger partial charge is 0.259 e. The molecule has 188 valence electrons. The second kappa shape index (κ2) is 12.4. The van der Waals surface area contributed by atoms with Crippen molar-refractivity contribution >= 4 is 17.5 Å². The predicted octanol–water partition coefficient (Wildman–Crippen LogP) is 4.99. The SMILES string of the molecule is O=C(NCc1cc(F)cc(F)c1)c1ccc2c(c1)CNCCCCCCCN2C(=O)c1cccnc1. The minimum atomic E-state index is -0.691. The lowest BCUT2D eigenvalue weighted by molar-refractivity contribution is 0.0949. The Balaban J connectivity index is 1.59. The fraction of sp³-hybridized carbons (Fsp3) is 0.321. The molecular weight excluding hydrogens is 462 g/mol. The Labute approximate surface area is 209 Å². The topological polar surface area (TPSA) is 74.3 Å². The predicted molar refractivity (Wildman–Crippen MR) is 135 cm³/mol. The molecule has 2 aromatic carbocycles. The number of benzene rings is 2. The Kier molecular flexibility index (Phi) is 8.73. The van der Waals surface area contributed by atoms with E-state index in [2.05, 4.69) is 15.6 Å². The summed E-state index contributed by atoms with van der Waals surface area (Å²) in [5.41, 5.74) is 2.83. The number of nitrogens with zero attached hydrogens (tertiary/aromatic N) is 2. The lowest BCUT2D eigenvalue weighted by Gasteiger charge is -2.26. The van der Waals surface area contributed by atoms with Gasteiger partial charge in [0.15, 0.2) is 0 Å². The first kappa shape index (κ1) is 25.4. The number of amides is 2. The first-order valence-electron chi connectivity index (χ1n) is 12.3. The molecule has 3 aromatic rings. The highest BCUT2D eigenvalue weighted by molar-refractivity contribution is 6.06.